The van der Waals surface area contributed by atoms with Crippen LogP contribution in [-0.2, 0) is 4.74 Å². The number of aliphatic hydroxyl groups excluding tert-OH is 1. The van der Waals surface area contributed by atoms with E-state index in [9.17, 15) is 9.90 Å². The van der Waals surface area contributed by atoms with E-state index in [1.165, 1.54) is 17.5 Å². The molecular formula is C24H34N6O3S. The van der Waals surface area contributed by atoms with E-state index in [4.69, 9.17) is 10.5 Å². The van der Waals surface area contributed by atoms with Crippen LogP contribution in [0.25, 0.3) is 15.8 Å². The number of nitrogens with zero attached hydrogens (tertiary/aromatic N) is 4. The molecule has 0 radical (unpaired) electrons. The van der Waals surface area contributed by atoms with E-state index in [1.54, 1.807) is 18.6 Å². The number of hydrogen-bond donors (Lipinski definition) is 3. The zero-order valence-electron chi connectivity index (χ0n) is 19.7. The second-order valence-electron chi connectivity index (χ2n) is 9.18. The van der Waals surface area contributed by atoms with Crippen molar-refractivity contribution in [2.45, 2.75) is 51.6 Å². The molecule has 2 aliphatic rings. The lowest BCUT2D eigenvalue weighted by Crippen LogP contribution is -2.37. The summed E-state index contributed by atoms with van der Waals surface area (Å²) in [6, 6.07) is -0.117. The molecular weight excluding hydrogens is 452 g/mol. The van der Waals surface area contributed by atoms with Crippen molar-refractivity contribution in [3.05, 3.63) is 24.2 Å². The molecule has 2 fully saturated rings. The van der Waals surface area contributed by atoms with Crippen LogP contribution in [0.5, 0.6) is 0 Å². The van der Waals surface area contributed by atoms with Crippen LogP contribution in [0.3, 0.4) is 0 Å². The van der Waals surface area contributed by atoms with Crippen molar-refractivity contribution in [2.24, 2.45) is 16.1 Å². The number of aliphatic hydroxyl groups is 1. The number of pyridine rings is 1. The van der Waals surface area contributed by atoms with Gasteiger partial charge in [-0.1, -0.05) is 31.1 Å². The third kappa shape index (κ3) is 5.73. The molecule has 2 aromatic heterocycles. The fourth-order valence-corrected chi connectivity index (χ4v) is 5.57. The summed E-state index contributed by atoms with van der Waals surface area (Å²) in [5.41, 5.74) is 8.27. The van der Waals surface area contributed by atoms with Crippen molar-refractivity contribution in [1.82, 2.24) is 14.9 Å². The van der Waals surface area contributed by atoms with Gasteiger partial charge in [0, 0.05) is 56.1 Å². The Hall–Kier alpha value is -2.56. The SMILES string of the molecule is CCCC[C@@H](O)CN=CC(=CN)c1cncc2nc(NC(=O)N3CCC4(CCOCC4)C3)sc12. The van der Waals surface area contributed by atoms with Gasteiger partial charge in [-0.25, -0.2) is 9.78 Å². The fourth-order valence-electron chi connectivity index (χ4n) is 4.61. The minimum atomic E-state index is -0.458. The Kier molecular flexibility index (Phi) is 8.12. The number of nitrogens with two attached hydrogens (primary N) is 1. The van der Waals surface area contributed by atoms with Crippen molar-refractivity contribution >= 4 is 44.5 Å². The number of anilines is 1. The second kappa shape index (κ2) is 11.2. The number of aliphatic imine (C=N–C) groups is 1. The van der Waals surface area contributed by atoms with E-state index < -0.39 is 6.10 Å². The number of carbonyl (C=O) groups excluding carboxylic acids is 1. The van der Waals surface area contributed by atoms with Gasteiger partial charge in [-0.05, 0) is 31.1 Å². The van der Waals surface area contributed by atoms with Crippen LogP contribution >= 0.6 is 11.3 Å². The minimum absolute atomic E-state index is 0.117. The van der Waals surface area contributed by atoms with Gasteiger partial charge in [-0.15, -0.1) is 0 Å². The van der Waals surface area contributed by atoms with E-state index in [1.807, 2.05) is 4.90 Å². The van der Waals surface area contributed by atoms with Crippen molar-refractivity contribution in [2.75, 3.05) is 38.2 Å². The number of amides is 2. The van der Waals surface area contributed by atoms with Gasteiger partial charge in [0.15, 0.2) is 5.13 Å². The van der Waals surface area contributed by atoms with Crippen molar-refractivity contribution < 1.29 is 14.6 Å². The molecule has 2 aliphatic heterocycles. The number of unbranched alkanes of at least 4 members (excludes halogenated alkanes) is 1. The molecule has 0 aliphatic carbocycles. The number of ether oxygens (including phenoxy) is 1. The van der Waals surface area contributed by atoms with E-state index >= 15 is 0 Å². The number of rotatable bonds is 8. The zero-order chi connectivity index (χ0) is 24.0. The predicted molar refractivity (Wildman–Crippen MR) is 136 cm³/mol. The first kappa shape index (κ1) is 24.6. The molecule has 0 bridgehead atoms. The lowest BCUT2D eigenvalue weighted by atomic mass is 9.80. The summed E-state index contributed by atoms with van der Waals surface area (Å²) in [7, 11) is 0. The van der Waals surface area contributed by atoms with Crippen molar-refractivity contribution in [3.63, 3.8) is 0 Å². The van der Waals surface area contributed by atoms with Crippen LogP contribution in [0.1, 0.15) is 51.0 Å². The molecule has 0 unspecified atom stereocenters. The number of likely N-dealkylation sites (tertiary alicyclic amines) is 1. The molecule has 10 heteroatoms. The fraction of sp³-hybridized carbons (Fsp3) is 0.583. The molecule has 4 N–H and O–H groups in total. The first-order chi connectivity index (χ1) is 16.5. The maximum Gasteiger partial charge on any atom is 0.323 e. The monoisotopic (exact) mass is 486 g/mol. The average Bonchev–Trinajstić information content (AvgIpc) is 3.45. The lowest BCUT2D eigenvalue weighted by Gasteiger charge is -2.33. The molecule has 1 atom stereocenters. The third-order valence-corrected chi connectivity index (χ3v) is 7.74. The van der Waals surface area contributed by atoms with Crippen LogP contribution in [0.4, 0.5) is 9.93 Å². The number of hydrogen-bond acceptors (Lipinski definition) is 8. The molecule has 4 heterocycles. The molecule has 2 aromatic rings. The smallest absolute Gasteiger partial charge is 0.323 e. The lowest BCUT2D eigenvalue weighted by molar-refractivity contribution is 0.0211. The molecule has 1 spiro atoms. The normalized spacial score (nSPS) is 19.4. The van der Waals surface area contributed by atoms with Gasteiger partial charge < -0.3 is 20.5 Å². The summed E-state index contributed by atoms with van der Waals surface area (Å²) >= 11 is 1.40. The molecule has 0 aromatic carbocycles. The Labute approximate surface area is 204 Å². The van der Waals surface area contributed by atoms with E-state index in [0.29, 0.717) is 22.8 Å². The Balaban J connectivity index is 1.43. The third-order valence-electron chi connectivity index (χ3n) is 6.72. The summed E-state index contributed by atoms with van der Waals surface area (Å²) in [5, 5.41) is 13.5. The molecule has 184 valence electrons. The minimum Gasteiger partial charge on any atom is -0.404 e. The topological polar surface area (TPSA) is 126 Å². The Morgan fingerprint density at radius 2 is 2.24 bits per heavy atom. The highest BCUT2D eigenvalue weighted by Gasteiger charge is 2.41. The molecule has 2 saturated heterocycles. The van der Waals surface area contributed by atoms with E-state index in [2.05, 4.69) is 27.2 Å². The highest BCUT2D eigenvalue weighted by molar-refractivity contribution is 7.22. The summed E-state index contributed by atoms with van der Waals surface area (Å²) < 4.78 is 6.38. The second-order valence-corrected chi connectivity index (χ2v) is 10.2. The zero-order valence-corrected chi connectivity index (χ0v) is 20.5. The molecule has 2 amide bonds. The molecule has 34 heavy (non-hydrogen) atoms. The van der Waals surface area contributed by atoms with Crippen LogP contribution in [0.2, 0.25) is 0 Å². The van der Waals surface area contributed by atoms with Gasteiger partial charge in [0.1, 0.15) is 5.52 Å². The van der Waals surface area contributed by atoms with E-state index in [0.717, 1.165) is 75.1 Å². The Morgan fingerprint density at radius 3 is 3.00 bits per heavy atom. The maximum atomic E-state index is 12.9. The molecule has 9 nitrogen and oxygen atoms in total. The average molecular weight is 487 g/mol. The highest BCUT2D eigenvalue weighted by atomic mass is 32.1. The van der Waals surface area contributed by atoms with Crippen molar-refractivity contribution in [3.8, 4) is 0 Å². The van der Waals surface area contributed by atoms with Gasteiger partial charge in [-0.2, -0.15) is 0 Å². The maximum absolute atomic E-state index is 12.9. The number of thiazole rings is 1. The van der Waals surface area contributed by atoms with Gasteiger partial charge in [0.2, 0.25) is 0 Å². The standard InChI is InChI=1S/C24H34N6O3S/c1-2-3-4-18(31)13-26-12-17(11-25)19-14-27-15-20-21(19)34-22(28-20)29-23(32)30-8-5-24(16-30)6-9-33-10-7-24/h11-12,14-15,18,31H,2-10,13,16,25H2,1H3,(H,28,29,32)/t18-/m1/s1. The van der Waals surface area contributed by atoms with Crippen LogP contribution in [-0.4, -0.2) is 71.2 Å². The first-order valence-corrected chi connectivity index (χ1v) is 12.8. The highest BCUT2D eigenvalue weighted by Crippen LogP contribution is 2.40. The van der Waals surface area contributed by atoms with Crippen LogP contribution < -0.4 is 11.1 Å². The summed E-state index contributed by atoms with van der Waals surface area (Å²) in [5.74, 6) is 0. The Morgan fingerprint density at radius 1 is 1.41 bits per heavy atom. The first-order valence-electron chi connectivity index (χ1n) is 12.0. The summed E-state index contributed by atoms with van der Waals surface area (Å²) in [6.45, 7) is 5.50. The van der Waals surface area contributed by atoms with Gasteiger partial charge in [0.05, 0.1) is 23.5 Å². The predicted octanol–water partition coefficient (Wildman–Crippen LogP) is 3.65. The van der Waals surface area contributed by atoms with Crippen LogP contribution in [0, 0.1) is 5.41 Å². The number of nitrogens with one attached hydrogen (secondary N) is 1. The van der Waals surface area contributed by atoms with Crippen LogP contribution in [0.15, 0.2) is 23.6 Å². The summed E-state index contributed by atoms with van der Waals surface area (Å²) in [6.07, 6.45) is 11.9. The quantitative estimate of drug-likeness (QED) is 0.489. The molecule has 4 rings (SSSR count). The van der Waals surface area contributed by atoms with Crippen molar-refractivity contribution in [1.29, 1.82) is 0 Å². The van der Waals surface area contributed by atoms with Gasteiger partial charge in [0.25, 0.3) is 0 Å². The number of fused-ring (bicyclic) bond motifs is 1. The Bertz CT molecular complexity index is 1050. The van der Waals surface area contributed by atoms with Gasteiger partial charge >= 0.3 is 6.03 Å². The number of aromatic nitrogens is 2. The van der Waals surface area contributed by atoms with Gasteiger partial charge in [-0.3, -0.25) is 15.3 Å². The number of carbonyl (C=O) groups is 1. The number of urea groups is 1. The molecule has 0 saturated carbocycles. The number of allylic oxidation sites excluding steroid dienone is 1. The largest absolute Gasteiger partial charge is 0.404 e. The van der Waals surface area contributed by atoms with E-state index in [-0.39, 0.29) is 11.4 Å². The summed E-state index contributed by atoms with van der Waals surface area (Å²) in [4.78, 5) is 28.1.